The molecule has 0 saturated carbocycles. The third-order valence-electron chi connectivity index (χ3n) is 6.16. The van der Waals surface area contributed by atoms with Gasteiger partial charge in [-0.3, -0.25) is 9.59 Å². The Morgan fingerprint density at radius 2 is 1.08 bits per heavy atom. The predicted molar refractivity (Wildman–Crippen MR) is 153 cm³/mol. The molecule has 5 nitrogen and oxygen atoms in total. The monoisotopic (exact) mass is 524 g/mol. The van der Waals surface area contributed by atoms with E-state index in [1.54, 1.807) is 36.1 Å². The van der Waals surface area contributed by atoms with E-state index in [2.05, 4.69) is 0 Å². The zero-order valence-electron chi connectivity index (χ0n) is 21.1. The number of hydrogen-bond acceptors (Lipinski definition) is 5. The van der Waals surface area contributed by atoms with Crippen molar-refractivity contribution in [3.05, 3.63) is 127 Å². The molecule has 0 amide bonds. The van der Waals surface area contributed by atoms with Gasteiger partial charge in [-0.1, -0.05) is 109 Å². The second-order valence-electron chi connectivity index (χ2n) is 8.70. The van der Waals surface area contributed by atoms with Crippen molar-refractivity contribution in [1.29, 1.82) is 0 Å². The third kappa shape index (κ3) is 6.37. The molecule has 0 bridgehead atoms. The van der Waals surface area contributed by atoms with E-state index in [0.717, 1.165) is 15.9 Å². The fraction of sp³-hybridized carbons (Fsp3) is 0.125. The molecule has 192 valence electrons. The summed E-state index contributed by atoms with van der Waals surface area (Å²) in [6.07, 6.45) is -1.34. The number of esters is 2. The van der Waals surface area contributed by atoms with Crippen molar-refractivity contribution in [2.75, 3.05) is 7.11 Å². The molecule has 0 saturated heterocycles. The Labute approximate surface area is 223 Å². The molecule has 0 aliphatic heterocycles. The molecule has 6 heteroatoms. The van der Waals surface area contributed by atoms with Gasteiger partial charge in [0.15, 0.2) is 5.78 Å². The van der Waals surface area contributed by atoms with E-state index in [4.69, 9.17) is 9.47 Å². The minimum absolute atomic E-state index is 0.151. The van der Waals surface area contributed by atoms with Gasteiger partial charge >= 0.3 is 11.9 Å². The first-order chi connectivity index (χ1) is 18.5. The maximum absolute atomic E-state index is 13.8. The van der Waals surface area contributed by atoms with Crippen LogP contribution in [-0.2, 0) is 19.1 Å². The number of ketones is 1. The molecule has 4 aromatic carbocycles. The molecule has 0 aliphatic carbocycles. The Morgan fingerprint density at radius 3 is 1.50 bits per heavy atom. The molecule has 0 N–H and O–H groups in total. The van der Waals surface area contributed by atoms with Crippen molar-refractivity contribution in [3.63, 3.8) is 0 Å². The lowest BCUT2D eigenvalue weighted by atomic mass is 10.1. The molecule has 0 spiro atoms. The van der Waals surface area contributed by atoms with E-state index in [1.165, 1.54) is 7.11 Å². The number of ether oxygens (including phenoxy) is 2. The lowest BCUT2D eigenvalue weighted by Gasteiger charge is -2.28. The predicted octanol–water partition coefficient (Wildman–Crippen LogP) is 4.53. The van der Waals surface area contributed by atoms with Crippen LogP contribution in [0.2, 0.25) is 0 Å². The van der Waals surface area contributed by atoms with Crippen molar-refractivity contribution in [3.8, 4) is 0 Å². The van der Waals surface area contributed by atoms with E-state index >= 15 is 0 Å². The highest BCUT2D eigenvalue weighted by atomic mass is 31.2. The Kier molecular flexibility index (Phi) is 9.07. The Morgan fingerprint density at radius 1 is 0.658 bits per heavy atom. The number of Topliss-reactive ketones (excluding diaryl/α,β-unsaturated/α-hetero) is 1. The summed E-state index contributed by atoms with van der Waals surface area (Å²) in [4.78, 5) is 38.7. The van der Waals surface area contributed by atoms with Gasteiger partial charge in [0, 0.05) is 6.42 Å². The second kappa shape index (κ2) is 12.8. The van der Waals surface area contributed by atoms with Gasteiger partial charge in [-0.2, -0.15) is 0 Å². The first-order valence-electron chi connectivity index (χ1n) is 12.3. The summed E-state index contributed by atoms with van der Waals surface area (Å²) in [6.45, 7) is -2.53. The summed E-state index contributed by atoms with van der Waals surface area (Å²) >= 11 is 0. The quantitative estimate of drug-likeness (QED) is 0.225. The summed E-state index contributed by atoms with van der Waals surface area (Å²) in [6, 6.07) is 38.4. The Bertz CT molecular complexity index is 1310. The van der Waals surface area contributed by atoms with Gasteiger partial charge in [0.1, 0.15) is 6.10 Å². The summed E-state index contributed by atoms with van der Waals surface area (Å²) in [7, 11) is 1.27. The summed E-state index contributed by atoms with van der Waals surface area (Å²) in [5, 5.41) is 3.07. The van der Waals surface area contributed by atoms with Crippen molar-refractivity contribution < 1.29 is 23.9 Å². The van der Waals surface area contributed by atoms with Gasteiger partial charge in [0.05, 0.1) is 19.1 Å². The SMILES string of the molecule is COC(=O)C[C@@H](CC(=O)C=P(c1ccccc1)(c1ccccc1)c1ccccc1)OC(=O)c1ccccc1. The molecular formula is C32H29O5P. The highest BCUT2D eigenvalue weighted by Gasteiger charge is 2.28. The van der Waals surface area contributed by atoms with Crippen molar-refractivity contribution in [2.45, 2.75) is 18.9 Å². The third-order valence-corrected chi connectivity index (χ3v) is 10.2. The molecule has 0 fully saturated rings. The average Bonchev–Trinajstić information content (AvgIpc) is 2.97. The molecular weight excluding hydrogens is 495 g/mol. The molecule has 0 unspecified atom stereocenters. The topological polar surface area (TPSA) is 69.7 Å². The zero-order valence-corrected chi connectivity index (χ0v) is 22.0. The van der Waals surface area contributed by atoms with Crippen LogP contribution in [0.15, 0.2) is 121 Å². The first kappa shape index (κ1) is 26.8. The minimum Gasteiger partial charge on any atom is -0.469 e. The largest absolute Gasteiger partial charge is 0.469 e. The minimum atomic E-state index is -2.53. The van der Waals surface area contributed by atoms with Crippen molar-refractivity contribution in [2.24, 2.45) is 0 Å². The lowest BCUT2D eigenvalue weighted by molar-refractivity contribution is -0.143. The van der Waals surface area contributed by atoms with Gasteiger partial charge in [0.2, 0.25) is 0 Å². The van der Waals surface area contributed by atoms with Crippen LogP contribution in [0, 0.1) is 0 Å². The Hall–Kier alpha value is -4.21. The second-order valence-corrected chi connectivity index (χ2v) is 12.0. The number of methoxy groups -OCH3 is 1. The molecule has 0 aromatic heterocycles. The number of hydrogen-bond donors (Lipinski definition) is 0. The molecule has 0 radical (unpaired) electrons. The van der Waals surface area contributed by atoms with E-state index < -0.39 is 24.9 Å². The van der Waals surface area contributed by atoms with Crippen molar-refractivity contribution in [1.82, 2.24) is 0 Å². The summed E-state index contributed by atoms with van der Waals surface area (Å²) in [5.41, 5.74) is 0.346. The van der Waals surface area contributed by atoms with Crippen LogP contribution in [0.1, 0.15) is 23.2 Å². The van der Waals surface area contributed by atoms with E-state index in [0.29, 0.717) is 5.56 Å². The molecule has 38 heavy (non-hydrogen) atoms. The summed E-state index contributed by atoms with van der Waals surface area (Å²) < 4.78 is 10.5. The lowest BCUT2D eigenvalue weighted by Crippen LogP contribution is -2.30. The van der Waals surface area contributed by atoms with Gasteiger partial charge in [-0.15, -0.1) is 0 Å². The van der Waals surface area contributed by atoms with Crippen LogP contribution >= 0.6 is 6.89 Å². The zero-order chi connectivity index (χ0) is 26.8. The molecule has 0 heterocycles. The standard InChI is InChI=1S/C32H29O5P/c1-36-31(34)23-27(37-32(35)25-14-6-2-7-15-25)22-26(33)24-38(28-16-8-3-9-17-28,29-18-10-4-11-19-29)30-20-12-5-13-21-30/h2-21,24,27H,22-23H2,1H3/t27-/m1/s1. The molecule has 1 atom stereocenters. The number of benzene rings is 4. The van der Waals surface area contributed by atoms with Gasteiger partial charge in [0.25, 0.3) is 0 Å². The fourth-order valence-corrected chi connectivity index (χ4v) is 8.18. The maximum Gasteiger partial charge on any atom is 0.338 e. The van der Waals surface area contributed by atoms with Crippen LogP contribution in [0.5, 0.6) is 0 Å². The maximum atomic E-state index is 13.8. The first-order valence-corrected chi connectivity index (χ1v) is 14.2. The number of carbonyl (C=O) groups is 3. The van der Waals surface area contributed by atoms with E-state index in [9.17, 15) is 14.4 Å². The fourth-order valence-electron chi connectivity index (χ4n) is 4.37. The average molecular weight is 525 g/mol. The highest BCUT2D eigenvalue weighted by Crippen LogP contribution is 2.43. The molecule has 4 rings (SSSR count). The molecule has 0 aliphatic rings. The normalized spacial score (nSPS) is 11.7. The summed E-state index contributed by atoms with van der Waals surface area (Å²) in [5.74, 6) is 0.416. The van der Waals surface area contributed by atoms with Crippen LogP contribution in [0.4, 0.5) is 0 Å². The van der Waals surface area contributed by atoms with Crippen molar-refractivity contribution >= 4 is 46.3 Å². The highest BCUT2D eigenvalue weighted by molar-refractivity contribution is 7.95. The van der Waals surface area contributed by atoms with Gasteiger partial charge in [-0.05, 0) is 40.7 Å². The number of rotatable bonds is 10. The molecule has 4 aromatic rings. The number of carbonyl (C=O) groups excluding carboxylic acids is 3. The van der Waals surface area contributed by atoms with Crippen LogP contribution in [0.25, 0.3) is 0 Å². The van der Waals surface area contributed by atoms with E-state index in [-0.39, 0.29) is 18.6 Å². The van der Waals surface area contributed by atoms with Gasteiger partial charge in [-0.25, -0.2) is 4.79 Å². The van der Waals surface area contributed by atoms with Crippen LogP contribution in [-0.4, -0.2) is 36.7 Å². The Balaban J connectivity index is 1.78. The van der Waals surface area contributed by atoms with E-state index in [1.807, 2.05) is 91.0 Å². The van der Waals surface area contributed by atoms with Gasteiger partial charge < -0.3 is 9.47 Å². The van der Waals surface area contributed by atoms with Crippen LogP contribution in [0.3, 0.4) is 0 Å². The smallest absolute Gasteiger partial charge is 0.338 e. The van der Waals surface area contributed by atoms with Crippen LogP contribution < -0.4 is 15.9 Å².